The number of likely N-dealkylation sites (N-methyl/N-ethyl adjacent to an activating group) is 1. The molecule has 0 spiro atoms. The minimum absolute atomic E-state index is 0. The number of aryl methyl sites for hydroxylation is 1. The highest BCUT2D eigenvalue weighted by atomic mass is 35.5. The second-order valence-corrected chi connectivity index (χ2v) is 3.93. The standard InChI is InChI=1S/C13H20N2O2.ClH/c1-4-7-17-12-8-10(2)5-6-11(12)15-13(16)9-14-3;/h5-6,8,14H,4,7,9H2,1-3H3,(H,15,16);1H. The molecule has 0 saturated carbocycles. The Morgan fingerprint density at radius 2 is 2.11 bits per heavy atom. The summed E-state index contributed by atoms with van der Waals surface area (Å²) in [5.41, 5.74) is 1.84. The largest absolute Gasteiger partial charge is 0.491 e. The molecule has 102 valence electrons. The number of nitrogens with one attached hydrogen (secondary N) is 2. The fraction of sp³-hybridized carbons (Fsp3) is 0.462. The molecule has 1 rings (SSSR count). The van der Waals surface area contributed by atoms with Crippen LogP contribution in [-0.4, -0.2) is 26.1 Å². The van der Waals surface area contributed by atoms with Crippen LogP contribution in [0.25, 0.3) is 0 Å². The third-order valence-corrected chi connectivity index (χ3v) is 2.21. The number of anilines is 1. The average Bonchev–Trinajstić information content (AvgIpc) is 2.30. The Hall–Kier alpha value is -1.26. The molecule has 0 atom stereocenters. The van der Waals surface area contributed by atoms with Crippen LogP contribution in [0.5, 0.6) is 5.75 Å². The summed E-state index contributed by atoms with van der Waals surface area (Å²) >= 11 is 0. The zero-order valence-corrected chi connectivity index (χ0v) is 11.9. The lowest BCUT2D eigenvalue weighted by atomic mass is 10.2. The van der Waals surface area contributed by atoms with Crippen LogP contribution < -0.4 is 15.4 Å². The number of hydrogen-bond donors (Lipinski definition) is 2. The van der Waals surface area contributed by atoms with E-state index in [0.717, 1.165) is 23.4 Å². The average molecular weight is 273 g/mol. The van der Waals surface area contributed by atoms with E-state index in [4.69, 9.17) is 4.74 Å². The lowest BCUT2D eigenvalue weighted by Gasteiger charge is -2.12. The van der Waals surface area contributed by atoms with Gasteiger partial charge in [0.1, 0.15) is 5.75 Å². The Labute approximate surface area is 115 Å². The zero-order valence-electron chi connectivity index (χ0n) is 11.1. The minimum Gasteiger partial charge on any atom is -0.491 e. The monoisotopic (exact) mass is 272 g/mol. The van der Waals surface area contributed by atoms with Crippen molar-refractivity contribution >= 4 is 24.0 Å². The second-order valence-electron chi connectivity index (χ2n) is 3.93. The number of carbonyl (C=O) groups excluding carboxylic acids is 1. The zero-order chi connectivity index (χ0) is 12.7. The molecule has 0 radical (unpaired) electrons. The van der Waals surface area contributed by atoms with Gasteiger partial charge >= 0.3 is 0 Å². The van der Waals surface area contributed by atoms with E-state index in [-0.39, 0.29) is 18.3 Å². The molecule has 1 aromatic carbocycles. The molecule has 4 nitrogen and oxygen atoms in total. The van der Waals surface area contributed by atoms with Crippen LogP contribution in [0.1, 0.15) is 18.9 Å². The maximum atomic E-state index is 11.5. The Bertz CT molecular complexity index is 383. The molecule has 0 bridgehead atoms. The van der Waals surface area contributed by atoms with Gasteiger partial charge in [0.05, 0.1) is 18.8 Å². The summed E-state index contributed by atoms with van der Waals surface area (Å²) in [4.78, 5) is 11.5. The van der Waals surface area contributed by atoms with Gasteiger partial charge in [-0.05, 0) is 38.1 Å². The highest BCUT2D eigenvalue weighted by Crippen LogP contribution is 2.25. The molecular weight excluding hydrogens is 252 g/mol. The number of rotatable bonds is 6. The maximum Gasteiger partial charge on any atom is 0.238 e. The van der Waals surface area contributed by atoms with E-state index in [1.54, 1.807) is 7.05 Å². The summed E-state index contributed by atoms with van der Waals surface area (Å²) in [5.74, 6) is 0.661. The summed E-state index contributed by atoms with van der Waals surface area (Å²) in [6, 6.07) is 5.76. The Balaban J connectivity index is 0.00000289. The van der Waals surface area contributed by atoms with Gasteiger partial charge in [-0.2, -0.15) is 0 Å². The molecule has 2 N–H and O–H groups in total. The van der Waals surface area contributed by atoms with Crippen LogP contribution in [0.3, 0.4) is 0 Å². The SMILES string of the molecule is CCCOc1cc(C)ccc1NC(=O)CNC.Cl. The van der Waals surface area contributed by atoms with E-state index < -0.39 is 0 Å². The van der Waals surface area contributed by atoms with Crippen LogP contribution in [0.4, 0.5) is 5.69 Å². The van der Waals surface area contributed by atoms with Crippen molar-refractivity contribution in [2.75, 3.05) is 25.5 Å². The van der Waals surface area contributed by atoms with E-state index in [9.17, 15) is 4.79 Å². The molecule has 0 aliphatic rings. The number of amides is 1. The van der Waals surface area contributed by atoms with Crippen molar-refractivity contribution in [1.82, 2.24) is 5.32 Å². The van der Waals surface area contributed by atoms with E-state index in [0.29, 0.717) is 13.2 Å². The maximum absolute atomic E-state index is 11.5. The number of ether oxygens (including phenoxy) is 1. The predicted octanol–water partition coefficient (Wildman–Crippen LogP) is 2.36. The number of carbonyl (C=O) groups is 1. The molecule has 0 unspecified atom stereocenters. The van der Waals surface area contributed by atoms with E-state index in [2.05, 4.69) is 17.6 Å². The molecule has 0 fully saturated rings. The smallest absolute Gasteiger partial charge is 0.238 e. The number of hydrogen-bond acceptors (Lipinski definition) is 3. The van der Waals surface area contributed by atoms with Gasteiger partial charge in [-0.3, -0.25) is 4.79 Å². The van der Waals surface area contributed by atoms with Crippen molar-refractivity contribution in [3.63, 3.8) is 0 Å². The molecule has 18 heavy (non-hydrogen) atoms. The first kappa shape index (κ1) is 16.7. The van der Waals surface area contributed by atoms with Gasteiger partial charge in [0, 0.05) is 0 Å². The lowest BCUT2D eigenvalue weighted by Crippen LogP contribution is -2.25. The van der Waals surface area contributed by atoms with Crippen LogP contribution in [-0.2, 0) is 4.79 Å². The van der Waals surface area contributed by atoms with E-state index in [1.165, 1.54) is 0 Å². The molecule has 0 aromatic heterocycles. The first-order valence-electron chi connectivity index (χ1n) is 5.85. The van der Waals surface area contributed by atoms with Crippen molar-refractivity contribution < 1.29 is 9.53 Å². The first-order valence-corrected chi connectivity index (χ1v) is 5.85. The summed E-state index contributed by atoms with van der Waals surface area (Å²) in [6.45, 7) is 4.99. The number of halogens is 1. The van der Waals surface area contributed by atoms with Gasteiger partial charge in [0.25, 0.3) is 0 Å². The predicted molar refractivity (Wildman–Crippen MR) is 76.8 cm³/mol. The Morgan fingerprint density at radius 3 is 2.72 bits per heavy atom. The fourth-order valence-corrected chi connectivity index (χ4v) is 1.42. The van der Waals surface area contributed by atoms with E-state index >= 15 is 0 Å². The van der Waals surface area contributed by atoms with Gasteiger partial charge in [-0.15, -0.1) is 12.4 Å². The van der Waals surface area contributed by atoms with Crippen LogP contribution in [0.2, 0.25) is 0 Å². The minimum atomic E-state index is -0.0716. The van der Waals surface area contributed by atoms with Crippen molar-refractivity contribution in [2.24, 2.45) is 0 Å². The molecule has 0 aliphatic heterocycles. The highest BCUT2D eigenvalue weighted by molar-refractivity contribution is 5.93. The first-order chi connectivity index (χ1) is 8.17. The molecule has 5 heteroatoms. The van der Waals surface area contributed by atoms with Crippen LogP contribution in [0.15, 0.2) is 18.2 Å². The van der Waals surface area contributed by atoms with Crippen molar-refractivity contribution in [3.8, 4) is 5.75 Å². The van der Waals surface area contributed by atoms with Crippen molar-refractivity contribution in [2.45, 2.75) is 20.3 Å². The molecule has 1 amide bonds. The van der Waals surface area contributed by atoms with Crippen molar-refractivity contribution in [1.29, 1.82) is 0 Å². The number of benzene rings is 1. The van der Waals surface area contributed by atoms with E-state index in [1.807, 2.05) is 25.1 Å². The summed E-state index contributed by atoms with van der Waals surface area (Å²) in [5, 5.41) is 5.63. The third kappa shape index (κ3) is 5.38. The van der Waals surface area contributed by atoms with Gasteiger partial charge < -0.3 is 15.4 Å². The molecule has 1 aromatic rings. The quantitative estimate of drug-likeness (QED) is 0.836. The van der Waals surface area contributed by atoms with Crippen LogP contribution >= 0.6 is 12.4 Å². The van der Waals surface area contributed by atoms with Crippen LogP contribution in [0, 0.1) is 6.92 Å². The molecular formula is C13H21ClN2O2. The summed E-state index contributed by atoms with van der Waals surface area (Å²) in [6.07, 6.45) is 0.942. The summed E-state index contributed by atoms with van der Waals surface area (Å²) in [7, 11) is 1.74. The normalized spacial score (nSPS) is 9.50. The topological polar surface area (TPSA) is 50.4 Å². The van der Waals surface area contributed by atoms with Gasteiger partial charge in [-0.1, -0.05) is 13.0 Å². The second kappa shape index (κ2) is 8.78. The molecule has 0 saturated heterocycles. The summed E-state index contributed by atoms with van der Waals surface area (Å²) < 4.78 is 5.61. The third-order valence-electron chi connectivity index (χ3n) is 2.21. The highest BCUT2D eigenvalue weighted by Gasteiger charge is 2.07. The molecule has 0 heterocycles. The Kier molecular flexibility index (Phi) is 8.16. The molecule has 0 aliphatic carbocycles. The van der Waals surface area contributed by atoms with Gasteiger partial charge in [-0.25, -0.2) is 0 Å². The lowest BCUT2D eigenvalue weighted by molar-refractivity contribution is -0.115. The Morgan fingerprint density at radius 1 is 1.39 bits per heavy atom. The fourth-order valence-electron chi connectivity index (χ4n) is 1.42. The van der Waals surface area contributed by atoms with Gasteiger partial charge in [0.2, 0.25) is 5.91 Å². The van der Waals surface area contributed by atoms with Gasteiger partial charge in [0.15, 0.2) is 0 Å². The van der Waals surface area contributed by atoms with Crippen molar-refractivity contribution in [3.05, 3.63) is 23.8 Å².